The third-order valence-corrected chi connectivity index (χ3v) is 5.64. The predicted octanol–water partition coefficient (Wildman–Crippen LogP) is 5.13. The third kappa shape index (κ3) is 4.46. The monoisotopic (exact) mass is 385 g/mol. The van der Waals surface area contributed by atoms with Gasteiger partial charge in [0, 0.05) is 28.0 Å². The SMILES string of the molecule is CCC/C=C/NC(=NC1CC1)C1=C(C)[C@@]1(/C=C/c1ccc(N)cc1F)CS. The molecule has 1 saturated carbocycles. The number of allylic oxidation sites excluding steroid dienone is 3. The van der Waals surface area contributed by atoms with Gasteiger partial charge in [0.25, 0.3) is 0 Å². The number of halogens is 1. The summed E-state index contributed by atoms with van der Waals surface area (Å²) < 4.78 is 14.1. The first-order valence-electron chi connectivity index (χ1n) is 9.58. The van der Waals surface area contributed by atoms with Gasteiger partial charge in [0.05, 0.1) is 6.04 Å². The summed E-state index contributed by atoms with van der Waals surface area (Å²) in [4.78, 5) is 4.86. The maximum atomic E-state index is 14.1. The normalized spacial score (nSPS) is 22.9. The lowest BCUT2D eigenvalue weighted by molar-refractivity contribution is 0.625. The first kappa shape index (κ1) is 19.7. The van der Waals surface area contributed by atoms with Crippen molar-refractivity contribution in [1.82, 2.24) is 5.32 Å². The number of nitrogens with one attached hydrogen (secondary N) is 1. The van der Waals surface area contributed by atoms with Crippen LogP contribution in [-0.2, 0) is 0 Å². The molecule has 1 aromatic carbocycles. The van der Waals surface area contributed by atoms with Crippen LogP contribution in [0, 0.1) is 11.2 Å². The van der Waals surface area contributed by atoms with Gasteiger partial charge in [-0.25, -0.2) is 4.39 Å². The van der Waals surface area contributed by atoms with Gasteiger partial charge in [-0.3, -0.25) is 4.99 Å². The second-order valence-electron chi connectivity index (χ2n) is 7.29. The van der Waals surface area contributed by atoms with Crippen LogP contribution in [-0.4, -0.2) is 17.6 Å². The second-order valence-corrected chi connectivity index (χ2v) is 7.60. The molecule has 5 heteroatoms. The van der Waals surface area contributed by atoms with Crippen molar-refractivity contribution in [3.8, 4) is 0 Å². The summed E-state index contributed by atoms with van der Waals surface area (Å²) in [5.74, 6) is 1.25. The fourth-order valence-electron chi connectivity index (χ4n) is 3.18. The molecule has 1 aromatic rings. The molecular formula is C22H28FN3S. The molecule has 0 aromatic heterocycles. The van der Waals surface area contributed by atoms with Crippen LogP contribution in [0.3, 0.4) is 0 Å². The quantitative estimate of drug-likeness (QED) is 0.251. The Kier molecular flexibility index (Phi) is 6.10. The van der Waals surface area contributed by atoms with Crippen LogP contribution >= 0.6 is 12.6 Å². The molecule has 0 aliphatic heterocycles. The minimum Gasteiger partial charge on any atom is -0.399 e. The summed E-state index contributed by atoms with van der Waals surface area (Å²) >= 11 is 4.59. The van der Waals surface area contributed by atoms with E-state index in [0.717, 1.165) is 31.5 Å². The number of nitrogens with zero attached hydrogens (tertiary/aromatic N) is 1. The Morgan fingerprint density at radius 1 is 1.44 bits per heavy atom. The number of nitrogens with two attached hydrogens (primary N) is 1. The summed E-state index contributed by atoms with van der Waals surface area (Å²) in [7, 11) is 0. The highest BCUT2D eigenvalue weighted by atomic mass is 32.1. The molecule has 2 aliphatic carbocycles. The number of aliphatic imine (C=N–C) groups is 1. The predicted molar refractivity (Wildman–Crippen MR) is 116 cm³/mol. The van der Waals surface area contributed by atoms with Crippen molar-refractivity contribution in [1.29, 1.82) is 0 Å². The van der Waals surface area contributed by atoms with Crippen molar-refractivity contribution in [3.05, 3.63) is 59.1 Å². The number of unbranched alkanes of at least 4 members (excludes halogenated alkanes) is 1. The molecule has 0 saturated heterocycles. The smallest absolute Gasteiger partial charge is 0.132 e. The van der Waals surface area contributed by atoms with E-state index in [2.05, 4.69) is 37.9 Å². The Morgan fingerprint density at radius 2 is 2.22 bits per heavy atom. The van der Waals surface area contributed by atoms with E-state index >= 15 is 0 Å². The zero-order valence-electron chi connectivity index (χ0n) is 16.0. The van der Waals surface area contributed by atoms with Crippen LogP contribution in [0.25, 0.3) is 6.08 Å². The molecule has 0 amide bonds. The number of nitrogen functional groups attached to an aromatic ring is 1. The Balaban J connectivity index is 1.80. The average Bonchev–Trinajstić information content (AvgIpc) is 3.55. The standard InChI is InChI=1S/C22H28FN3S/c1-3-4-5-12-25-21(26-18-8-9-18)20-15(2)22(20,14-27)11-10-16-6-7-17(24)13-19(16)23/h5-7,10-13,18,27H,3-4,8-9,14,24H2,1-2H3,(H,25,26)/b11-10+,12-5+/t22-/m1/s1. The molecule has 0 radical (unpaired) electrons. The summed E-state index contributed by atoms with van der Waals surface area (Å²) in [6.07, 6.45) is 12.4. The van der Waals surface area contributed by atoms with E-state index in [1.807, 2.05) is 18.4 Å². The molecule has 0 unspecified atom stereocenters. The topological polar surface area (TPSA) is 50.4 Å². The molecule has 3 rings (SSSR count). The van der Waals surface area contributed by atoms with Gasteiger partial charge in [-0.05, 0) is 50.1 Å². The third-order valence-electron chi connectivity index (χ3n) is 5.14. The van der Waals surface area contributed by atoms with Gasteiger partial charge in [0.15, 0.2) is 0 Å². The molecule has 3 nitrogen and oxygen atoms in total. The summed E-state index contributed by atoms with van der Waals surface area (Å²) in [6.45, 7) is 4.26. The van der Waals surface area contributed by atoms with Crippen molar-refractivity contribution in [2.24, 2.45) is 10.4 Å². The number of thiol groups is 1. The highest BCUT2D eigenvalue weighted by Gasteiger charge is 2.50. The first-order valence-corrected chi connectivity index (χ1v) is 10.2. The van der Waals surface area contributed by atoms with Crippen molar-refractivity contribution in [2.45, 2.75) is 45.6 Å². The van der Waals surface area contributed by atoms with Crippen LogP contribution in [0.2, 0.25) is 0 Å². The second kappa shape index (κ2) is 8.34. The largest absolute Gasteiger partial charge is 0.399 e. The number of hydrogen-bond acceptors (Lipinski definition) is 3. The van der Waals surface area contributed by atoms with Crippen LogP contribution in [0.15, 0.2) is 52.7 Å². The lowest BCUT2D eigenvalue weighted by Gasteiger charge is -2.14. The molecule has 0 bridgehead atoms. The van der Waals surface area contributed by atoms with E-state index in [1.165, 1.54) is 17.2 Å². The molecule has 1 fully saturated rings. The van der Waals surface area contributed by atoms with E-state index in [1.54, 1.807) is 12.1 Å². The Hall–Kier alpha value is -2.01. The van der Waals surface area contributed by atoms with E-state index in [-0.39, 0.29) is 11.2 Å². The minimum atomic E-state index is -0.312. The summed E-state index contributed by atoms with van der Waals surface area (Å²) in [6, 6.07) is 5.19. The lowest BCUT2D eigenvalue weighted by atomic mass is 9.97. The van der Waals surface area contributed by atoms with Crippen LogP contribution < -0.4 is 11.1 Å². The van der Waals surface area contributed by atoms with Gasteiger partial charge >= 0.3 is 0 Å². The minimum absolute atomic E-state index is 0.268. The summed E-state index contributed by atoms with van der Waals surface area (Å²) in [5.41, 5.74) is 8.74. The van der Waals surface area contributed by atoms with Gasteiger partial charge < -0.3 is 11.1 Å². The number of benzene rings is 1. The average molecular weight is 386 g/mol. The van der Waals surface area contributed by atoms with Crippen LogP contribution in [0.5, 0.6) is 0 Å². The zero-order valence-corrected chi connectivity index (χ0v) is 16.9. The Morgan fingerprint density at radius 3 is 2.85 bits per heavy atom. The molecule has 0 spiro atoms. The molecule has 144 valence electrons. The number of anilines is 1. The fraction of sp³-hybridized carbons (Fsp3) is 0.409. The maximum Gasteiger partial charge on any atom is 0.132 e. The molecule has 1 atom stereocenters. The number of rotatable bonds is 8. The van der Waals surface area contributed by atoms with Crippen molar-refractivity contribution in [2.75, 3.05) is 11.5 Å². The van der Waals surface area contributed by atoms with Gasteiger partial charge in [-0.2, -0.15) is 12.6 Å². The molecule has 2 aliphatic rings. The lowest BCUT2D eigenvalue weighted by Crippen LogP contribution is -2.22. The van der Waals surface area contributed by atoms with E-state index in [0.29, 0.717) is 23.0 Å². The highest BCUT2D eigenvalue weighted by Crippen LogP contribution is 2.55. The van der Waals surface area contributed by atoms with Crippen molar-refractivity contribution >= 4 is 30.2 Å². The Bertz CT molecular complexity index is 821. The molecule has 27 heavy (non-hydrogen) atoms. The van der Waals surface area contributed by atoms with Crippen LogP contribution in [0.4, 0.5) is 10.1 Å². The van der Waals surface area contributed by atoms with Gasteiger partial charge in [0.2, 0.25) is 0 Å². The maximum absolute atomic E-state index is 14.1. The molecular weight excluding hydrogens is 357 g/mol. The first-order chi connectivity index (χ1) is 13.0. The van der Waals surface area contributed by atoms with Crippen LogP contribution in [0.1, 0.15) is 45.1 Å². The fourth-order valence-corrected chi connectivity index (χ4v) is 3.68. The zero-order chi connectivity index (χ0) is 19.4. The number of hydrogen-bond donors (Lipinski definition) is 3. The van der Waals surface area contributed by atoms with E-state index in [9.17, 15) is 4.39 Å². The van der Waals surface area contributed by atoms with Crippen molar-refractivity contribution in [3.63, 3.8) is 0 Å². The molecule has 0 heterocycles. The highest BCUT2D eigenvalue weighted by molar-refractivity contribution is 7.80. The summed E-state index contributed by atoms with van der Waals surface area (Å²) in [5, 5.41) is 3.38. The van der Waals surface area contributed by atoms with Crippen molar-refractivity contribution < 1.29 is 4.39 Å². The van der Waals surface area contributed by atoms with E-state index in [4.69, 9.17) is 10.7 Å². The van der Waals surface area contributed by atoms with Gasteiger partial charge in [-0.15, -0.1) is 0 Å². The number of amidine groups is 1. The van der Waals surface area contributed by atoms with Gasteiger partial charge in [0.1, 0.15) is 11.7 Å². The van der Waals surface area contributed by atoms with E-state index < -0.39 is 0 Å². The molecule has 3 N–H and O–H groups in total. The Labute approximate surface area is 166 Å². The van der Waals surface area contributed by atoms with Gasteiger partial charge in [-0.1, -0.05) is 37.6 Å².